The zero-order valence-corrected chi connectivity index (χ0v) is 19.0. The third-order valence-corrected chi connectivity index (χ3v) is 5.40. The molecule has 0 fully saturated rings. The van der Waals surface area contributed by atoms with Crippen molar-refractivity contribution in [2.45, 2.75) is 13.5 Å². The number of ether oxygens (including phenoxy) is 1. The molecule has 4 aromatic carbocycles. The molecule has 174 valence electrons. The first kappa shape index (κ1) is 23.4. The number of hydrogen-bond donors (Lipinski definition) is 1. The lowest BCUT2D eigenvalue weighted by Gasteiger charge is -2.12. The molecule has 0 heterocycles. The third-order valence-electron chi connectivity index (χ3n) is 5.40. The van der Waals surface area contributed by atoms with E-state index in [9.17, 15) is 14.9 Å². The Morgan fingerprint density at radius 3 is 2.17 bits per heavy atom. The van der Waals surface area contributed by atoms with Crippen molar-refractivity contribution in [3.05, 3.63) is 130 Å². The van der Waals surface area contributed by atoms with E-state index in [0.29, 0.717) is 23.4 Å². The van der Waals surface area contributed by atoms with Crippen LogP contribution < -0.4 is 10.2 Å². The highest BCUT2D eigenvalue weighted by atomic mass is 16.6. The maximum atomic E-state index is 12.5. The van der Waals surface area contributed by atoms with Crippen LogP contribution in [0.3, 0.4) is 0 Å². The van der Waals surface area contributed by atoms with E-state index in [4.69, 9.17) is 4.74 Å². The predicted octanol–water partition coefficient (Wildman–Crippen LogP) is 5.99. The van der Waals surface area contributed by atoms with E-state index in [0.717, 1.165) is 22.4 Å². The van der Waals surface area contributed by atoms with Crippen LogP contribution in [0.4, 0.5) is 5.69 Å². The van der Waals surface area contributed by atoms with Gasteiger partial charge in [-0.25, -0.2) is 5.43 Å². The zero-order chi connectivity index (χ0) is 24.6. The molecule has 35 heavy (non-hydrogen) atoms. The molecular formula is C28H23N3O4. The molecule has 7 heteroatoms. The Labute approximate surface area is 202 Å². The number of rotatable bonds is 8. The third kappa shape index (κ3) is 5.97. The molecule has 0 aromatic heterocycles. The number of hydrogen-bond acceptors (Lipinski definition) is 5. The number of carbonyl (C=O) groups excluding carboxylic acids is 1. The normalized spacial score (nSPS) is 11.1. The monoisotopic (exact) mass is 465 g/mol. The maximum Gasteiger partial charge on any atom is 0.271 e. The van der Waals surface area contributed by atoms with Gasteiger partial charge in [0, 0.05) is 23.3 Å². The molecule has 0 aliphatic carbocycles. The minimum absolute atomic E-state index is 0.00166. The molecule has 1 amide bonds. The molecule has 0 saturated heterocycles. The first-order valence-electron chi connectivity index (χ1n) is 11.0. The van der Waals surface area contributed by atoms with E-state index in [-0.39, 0.29) is 11.6 Å². The van der Waals surface area contributed by atoms with Crippen molar-refractivity contribution in [2.75, 3.05) is 0 Å². The fraction of sp³-hybridized carbons (Fsp3) is 0.0714. The minimum atomic E-state index is -0.464. The second kappa shape index (κ2) is 10.9. The number of nitro benzene ring substituents is 1. The van der Waals surface area contributed by atoms with Gasteiger partial charge in [-0.1, -0.05) is 60.7 Å². The van der Waals surface area contributed by atoms with Crippen molar-refractivity contribution in [2.24, 2.45) is 5.10 Å². The van der Waals surface area contributed by atoms with Crippen molar-refractivity contribution in [1.29, 1.82) is 0 Å². The Morgan fingerprint density at radius 2 is 1.49 bits per heavy atom. The quantitative estimate of drug-likeness (QED) is 0.196. The molecule has 7 nitrogen and oxygen atoms in total. The van der Waals surface area contributed by atoms with Gasteiger partial charge in [0.2, 0.25) is 0 Å². The van der Waals surface area contributed by atoms with Crippen LogP contribution in [0.1, 0.15) is 28.4 Å². The summed E-state index contributed by atoms with van der Waals surface area (Å²) in [5.74, 6) is 0.435. The smallest absolute Gasteiger partial charge is 0.271 e. The van der Waals surface area contributed by atoms with Crippen LogP contribution in [0.25, 0.3) is 11.1 Å². The Balaban J connectivity index is 1.36. The van der Waals surface area contributed by atoms with E-state index in [1.807, 2.05) is 66.7 Å². The van der Waals surface area contributed by atoms with Gasteiger partial charge < -0.3 is 4.74 Å². The van der Waals surface area contributed by atoms with Gasteiger partial charge in [-0.15, -0.1) is 0 Å². The Kier molecular flexibility index (Phi) is 7.28. The second-order valence-electron chi connectivity index (χ2n) is 7.79. The summed E-state index contributed by atoms with van der Waals surface area (Å²) in [6.45, 7) is 2.08. The number of nitrogens with one attached hydrogen (secondary N) is 1. The summed E-state index contributed by atoms with van der Waals surface area (Å²) in [4.78, 5) is 22.8. The number of nitrogens with zero attached hydrogens (tertiary/aromatic N) is 2. The van der Waals surface area contributed by atoms with Crippen molar-refractivity contribution >= 4 is 17.3 Å². The molecule has 4 rings (SSSR count). The average Bonchev–Trinajstić information content (AvgIpc) is 2.91. The van der Waals surface area contributed by atoms with Gasteiger partial charge in [-0.2, -0.15) is 5.10 Å². The van der Waals surface area contributed by atoms with Crippen molar-refractivity contribution < 1.29 is 14.5 Å². The topological polar surface area (TPSA) is 93.8 Å². The predicted molar refractivity (Wildman–Crippen MR) is 135 cm³/mol. The molecule has 0 bridgehead atoms. The number of benzene rings is 4. The molecule has 0 aliphatic rings. The lowest BCUT2D eigenvalue weighted by atomic mass is 10.0. The highest BCUT2D eigenvalue weighted by Crippen LogP contribution is 2.30. The first-order valence-corrected chi connectivity index (χ1v) is 11.0. The van der Waals surface area contributed by atoms with Gasteiger partial charge >= 0.3 is 0 Å². The SMILES string of the molecule is CC(=NNC(=O)c1ccc(COc2ccccc2-c2ccccc2)cc1)c1ccc([N+](=O)[O-])cc1. The highest BCUT2D eigenvalue weighted by molar-refractivity contribution is 6.01. The fourth-order valence-corrected chi connectivity index (χ4v) is 3.45. The number of para-hydroxylation sites is 1. The Hall–Kier alpha value is -4.78. The van der Waals surface area contributed by atoms with Gasteiger partial charge in [-0.3, -0.25) is 14.9 Å². The summed E-state index contributed by atoms with van der Waals surface area (Å²) in [5, 5.41) is 14.9. The molecule has 0 saturated carbocycles. The Bertz CT molecular complexity index is 1350. The number of amides is 1. The molecule has 4 aromatic rings. The van der Waals surface area contributed by atoms with Gasteiger partial charge in [0.25, 0.3) is 11.6 Å². The second-order valence-corrected chi connectivity index (χ2v) is 7.79. The molecule has 0 radical (unpaired) electrons. The molecular weight excluding hydrogens is 442 g/mol. The number of carbonyl (C=O) groups is 1. The molecule has 0 atom stereocenters. The van der Waals surface area contributed by atoms with Crippen LogP contribution in [0.15, 0.2) is 108 Å². The van der Waals surface area contributed by atoms with Crippen molar-refractivity contribution in [3.63, 3.8) is 0 Å². The summed E-state index contributed by atoms with van der Waals surface area (Å²) in [5.41, 5.74) is 7.22. The van der Waals surface area contributed by atoms with Crippen LogP contribution in [0.2, 0.25) is 0 Å². The van der Waals surface area contributed by atoms with Crippen molar-refractivity contribution in [3.8, 4) is 16.9 Å². The molecule has 0 aliphatic heterocycles. The van der Waals surface area contributed by atoms with Crippen LogP contribution in [-0.2, 0) is 6.61 Å². The van der Waals surface area contributed by atoms with Gasteiger partial charge in [0.15, 0.2) is 0 Å². The van der Waals surface area contributed by atoms with Crippen molar-refractivity contribution in [1.82, 2.24) is 5.43 Å². The molecule has 0 unspecified atom stereocenters. The number of nitro groups is 1. The lowest BCUT2D eigenvalue weighted by molar-refractivity contribution is -0.384. The fourth-order valence-electron chi connectivity index (χ4n) is 3.45. The Morgan fingerprint density at radius 1 is 0.857 bits per heavy atom. The largest absolute Gasteiger partial charge is 0.488 e. The highest BCUT2D eigenvalue weighted by Gasteiger charge is 2.09. The number of hydrazone groups is 1. The summed E-state index contributed by atoms with van der Waals surface area (Å²) >= 11 is 0. The van der Waals surface area contributed by atoms with E-state index in [1.165, 1.54) is 12.1 Å². The lowest BCUT2D eigenvalue weighted by Crippen LogP contribution is -2.19. The van der Waals surface area contributed by atoms with Crippen LogP contribution in [-0.4, -0.2) is 16.5 Å². The van der Waals surface area contributed by atoms with E-state index in [2.05, 4.69) is 10.5 Å². The van der Waals surface area contributed by atoms with Crippen LogP contribution >= 0.6 is 0 Å². The van der Waals surface area contributed by atoms with Gasteiger partial charge in [0.05, 0.1) is 10.6 Å². The molecule has 0 spiro atoms. The zero-order valence-electron chi connectivity index (χ0n) is 19.0. The van der Waals surface area contributed by atoms with Crippen LogP contribution in [0.5, 0.6) is 5.75 Å². The summed E-state index contributed by atoms with van der Waals surface area (Å²) in [7, 11) is 0. The minimum Gasteiger partial charge on any atom is -0.488 e. The average molecular weight is 466 g/mol. The van der Waals surface area contributed by atoms with E-state index < -0.39 is 4.92 Å². The van der Waals surface area contributed by atoms with E-state index in [1.54, 1.807) is 31.2 Å². The standard InChI is InChI=1S/C28H23N3O4/c1-20(22-15-17-25(18-16-22)31(33)34)29-30-28(32)24-13-11-21(12-14-24)19-35-27-10-6-5-9-26(27)23-7-3-2-4-8-23/h2-18H,19H2,1H3,(H,30,32). The summed E-state index contributed by atoms with van der Waals surface area (Å²) in [6, 6.07) is 31.0. The van der Waals surface area contributed by atoms with Gasteiger partial charge in [-0.05, 0) is 53.9 Å². The van der Waals surface area contributed by atoms with E-state index >= 15 is 0 Å². The first-order chi connectivity index (χ1) is 17.0. The van der Waals surface area contributed by atoms with Gasteiger partial charge in [0.1, 0.15) is 12.4 Å². The summed E-state index contributed by atoms with van der Waals surface area (Å²) in [6.07, 6.45) is 0. The van der Waals surface area contributed by atoms with Crippen LogP contribution in [0, 0.1) is 10.1 Å². The number of non-ortho nitro benzene ring substituents is 1. The molecule has 1 N–H and O–H groups in total. The summed E-state index contributed by atoms with van der Waals surface area (Å²) < 4.78 is 6.06. The maximum absolute atomic E-state index is 12.5.